The second-order valence-corrected chi connectivity index (χ2v) is 5.97. The van der Waals surface area contributed by atoms with Crippen LogP contribution in [0.2, 0.25) is 0 Å². The quantitative estimate of drug-likeness (QED) is 0.655. The van der Waals surface area contributed by atoms with Gasteiger partial charge in [-0.3, -0.25) is 10.1 Å². The number of nitro groups is 1. The lowest BCUT2D eigenvalue weighted by molar-refractivity contribution is -0.384. The number of aryl methyl sites for hydroxylation is 1. The summed E-state index contributed by atoms with van der Waals surface area (Å²) in [5.74, 6) is -0.447. The molecule has 1 fully saturated rings. The lowest BCUT2D eigenvalue weighted by atomic mass is 9.77. The van der Waals surface area contributed by atoms with Crippen molar-refractivity contribution >= 4 is 17.3 Å². The Morgan fingerprint density at radius 2 is 2.05 bits per heavy atom. The summed E-state index contributed by atoms with van der Waals surface area (Å²) in [4.78, 5) is 22.4. The summed E-state index contributed by atoms with van der Waals surface area (Å²) in [6, 6.07) is 4.71. The number of benzene rings is 1. The molecule has 1 aromatic carbocycles. The molecule has 6 heteroatoms. The molecular formula is C15H20N2O4. The zero-order chi connectivity index (χ0) is 15.6. The van der Waals surface area contributed by atoms with Gasteiger partial charge in [0.15, 0.2) is 0 Å². The van der Waals surface area contributed by atoms with Gasteiger partial charge in [0.1, 0.15) is 11.2 Å². The van der Waals surface area contributed by atoms with Gasteiger partial charge in [-0.25, -0.2) is 4.79 Å². The Balaban J connectivity index is 2.36. The van der Waals surface area contributed by atoms with Gasteiger partial charge in [0.25, 0.3) is 5.69 Å². The third-order valence-electron chi connectivity index (χ3n) is 4.26. The van der Waals surface area contributed by atoms with Crippen LogP contribution < -0.4 is 5.32 Å². The van der Waals surface area contributed by atoms with E-state index in [0.717, 1.165) is 18.4 Å². The second kappa shape index (κ2) is 5.71. The fraction of sp³-hybridized carbons (Fsp3) is 0.533. The number of rotatable bonds is 4. The largest absolute Gasteiger partial charge is 0.480 e. The van der Waals surface area contributed by atoms with Gasteiger partial charge in [0.05, 0.1) is 4.92 Å². The second-order valence-electron chi connectivity index (χ2n) is 5.97. The standard InChI is InChI=1S/C15H20N2O4/c1-10-5-7-15(8-6-10,14(18)19)16-12-9-11(2)3-4-13(12)17(20)21/h3-4,9-10,16H,5-8H2,1-2H3,(H,18,19). The number of hydrogen-bond donors (Lipinski definition) is 2. The number of nitrogens with one attached hydrogen (secondary N) is 1. The predicted octanol–water partition coefficient (Wildman–Crippen LogP) is 3.35. The lowest BCUT2D eigenvalue weighted by Crippen LogP contribution is -2.49. The van der Waals surface area contributed by atoms with Crippen molar-refractivity contribution in [2.75, 3.05) is 5.32 Å². The van der Waals surface area contributed by atoms with Gasteiger partial charge in [0, 0.05) is 6.07 Å². The van der Waals surface area contributed by atoms with Crippen molar-refractivity contribution in [3.8, 4) is 0 Å². The molecule has 0 aromatic heterocycles. The average Bonchev–Trinajstić information content (AvgIpc) is 2.41. The molecule has 21 heavy (non-hydrogen) atoms. The third kappa shape index (κ3) is 3.15. The smallest absolute Gasteiger partial charge is 0.329 e. The summed E-state index contributed by atoms with van der Waals surface area (Å²) in [5.41, 5.74) is -0.0463. The molecule has 0 aliphatic heterocycles. The average molecular weight is 292 g/mol. The van der Waals surface area contributed by atoms with Crippen LogP contribution in [0.3, 0.4) is 0 Å². The van der Waals surface area contributed by atoms with Crippen LogP contribution in [-0.2, 0) is 4.79 Å². The molecule has 6 nitrogen and oxygen atoms in total. The molecular weight excluding hydrogens is 272 g/mol. The van der Waals surface area contributed by atoms with E-state index in [1.807, 2.05) is 6.92 Å². The van der Waals surface area contributed by atoms with Crippen LogP contribution in [-0.4, -0.2) is 21.5 Å². The Hall–Kier alpha value is -2.11. The van der Waals surface area contributed by atoms with E-state index in [1.54, 1.807) is 12.1 Å². The molecule has 1 saturated carbocycles. The number of nitro benzene ring substituents is 1. The summed E-state index contributed by atoms with van der Waals surface area (Å²) in [6.07, 6.45) is 2.57. The van der Waals surface area contributed by atoms with E-state index in [-0.39, 0.29) is 11.4 Å². The highest BCUT2D eigenvalue weighted by Crippen LogP contribution is 2.37. The Morgan fingerprint density at radius 1 is 1.43 bits per heavy atom. The molecule has 0 spiro atoms. The van der Waals surface area contributed by atoms with E-state index in [2.05, 4.69) is 12.2 Å². The van der Waals surface area contributed by atoms with E-state index < -0.39 is 16.4 Å². The summed E-state index contributed by atoms with van der Waals surface area (Å²) < 4.78 is 0. The number of anilines is 1. The van der Waals surface area contributed by atoms with E-state index >= 15 is 0 Å². The molecule has 0 heterocycles. The maximum absolute atomic E-state index is 11.7. The van der Waals surface area contributed by atoms with E-state index in [0.29, 0.717) is 18.8 Å². The summed E-state index contributed by atoms with van der Waals surface area (Å²) in [6.45, 7) is 3.92. The van der Waals surface area contributed by atoms with Crippen molar-refractivity contribution in [3.05, 3.63) is 33.9 Å². The molecule has 1 aliphatic carbocycles. The minimum absolute atomic E-state index is 0.0835. The molecule has 2 N–H and O–H groups in total. The maximum atomic E-state index is 11.7. The van der Waals surface area contributed by atoms with Crippen LogP contribution in [0.4, 0.5) is 11.4 Å². The third-order valence-corrected chi connectivity index (χ3v) is 4.26. The van der Waals surface area contributed by atoms with Gasteiger partial charge in [-0.15, -0.1) is 0 Å². The highest BCUT2D eigenvalue weighted by atomic mass is 16.6. The number of hydrogen-bond acceptors (Lipinski definition) is 4. The monoisotopic (exact) mass is 292 g/mol. The molecule has 2 rings (SSSR count). The van der Waals surface area contributed by atoms with E-state index in [1.165, 1.54) is 6.07 Å². The maximum Gasteiger partial charge on any atom is 0.329 e. The lowest BCUT2D eigenvalue weighted by Gasteiger charge is -2.37. The van der Waals surface area contributed by atoms with Crippen LogP contribution in [0.1, 0.15) is 38.2 Å². The Kier molecular flexibility index (Phi) is 4.16. The molecule has 0 saturated heterocycles. The number of aliphatic carboxylic acids is 1. The highest BCUT2D eigenvalue weighted by Gasteiger charge is 2.42. The van der Waals surface area contributed by atoms with E-state index in [4.69, 9.17) is 0 Å². The minimum Gasteiger partial charge on any atom is -0.480 e. The van der Waals surface area contributed by atoms with Gasteiger partial charge in [-0.2, -0.15) is 0 Å². The molecule has 1 aliphatic rings. The molecule has 0 bridgehead atoms. The molecule has 0 unspecified atom stereocenters. The fourth-order valence-electron chi connectivity index (χ4n) is 2.81. The fourth-order valence-corrected chi connectivity index (χ4v) is 2.81. The first-order chi connectivity index (χ1) is 9.84. The zero-order valence-electron chi connectivity index (χ0n) is 12.3. The topological polar surface area (TPSA) is 92.5 Å². The first-order valence-electron chi connectivity index (χ1n) is 7.11. The van der Waals surface area contributed by atoms with Gasteiger partial charge < -0.3 is 10.4 Å². The molecule has 0 radical (unpaired) electrons. The predicted molar refractivity (Wildman–Crippen MR) is 79.5 cm³/mol. The van der Waals surface area contributed by atoms with Crippen molar-refractivity contribution < 1.29 is 14.8 Å². The van der Waals surface area contributed by atoms with Crippen LogP contribution >= 0.6 is 0 Å². The number of nitrogens with zero attached hydrogens (tertiary/aromatic N) is 1. The first-order valence-corrected chi connectivity index (χ1v) is 7.11. The Labute approximate surface area is 123 Å². The van der Waals surface area contributed by atoms with Gasteiger partial charge in [-0.1, -0.05) is 13.0 Å². The van der Waals surface area contributed by atoms with Gasteiger partial charge in [-0.05, 0) is 50.2 Å². The van der Waals surface area contributed by atoms with Crippen molar-refractivity contribution in [3.63, 3.8) is 0 Å². The van der Waals surface area contributed by atoms with Crippen molar-refractivity contribution in [1.29, 1.82) is 0 Å². The number of carboxylic acid groups (broad SMARTS) is 1. The number of carboxylic acids is 1. The van der Waals surface area contributed by atoms with Crippen molar-refractivity contribution in [2.45, 2.75) is 45.1 Å². The molecule has 0 amide bonds. The first kappa shape index (κ1) is 15.3. The highest BCUT2D eigenvalue weighted by molar-refractivity contribution is 5.84. The SMILES string of the molecule is Cc1ccc([N+](=O)[O-])c(NC2(C(=O)O)CCC(C)CC2)c1. The number of carbonyl (C=O) groups is 1. The summed E-state index contributed by atoms with van der Waals surface area (Å²) >= 11 is 0. The van der Waals surface area contributed by atoms with Crippen LogP contribution in [0.5, 0.6) is 0 Å². The van der Waals surface area contributed by atoms with Gasteiger partial charge >= 0.3 is 5.97 Å². The Morgan fingerprint density at radius 3 is 2.57 bits per heavy atom. The van der Waals surface area contributed by atoms with E-state index in [9.17, 15) is 20.0 Å². The van der Waals surface area contributed by atoms with Crippen molar-refractivity contribution in [2.24, 2.45) is 5.92 Å². The Bertz CT molecular complexity index is 563. The molecule has 114 valence electrons. The molecule has 1 aromatic rings. The summed E-state index contributed by atoms with van der Waals surface area (Å²) in [5, 5.41) is 23.7. The van der Waals surface area contributed by atoms with Crippen molar-refractivity contribution in [1.82, 2.24) is 0 Å². The minimum atomic E-state index is -1.11. The van der Waals surface area contributed by atoms with Crippen LogP contribution in [0, 0.1) is 23.0 Å². The van der Waals surface area contributed by atoms with Gasteiger partial charge in [0.2, 0.25) is 0 Å². The normalized spacial score (nSPS) is 25.3. The summed E-state index contributed by atoms with van der Waals surface area (Å²) in [7, 11) is 0. The van der Waals surface area contributed by atoms with Crippen LogP contribution in [0.25, 0.3) is 0 Å². The molecule has 0 atom stereocenters. The zero-order valence-corrected chi connectivity index (χ0v) is 12.3. The van der Waals surface area contributed by atoms with Crippen LogP contribution in [0.15, 0.2) is 18.2 Å².